The first kappa shape index (κ1) is 12.5. The lowest BCUT2D eigenvalue weighted by atomic mass is 9.80. The van der Waals surface area contributed by atoms with Gasteiger partial charge in [0.1, 0.15) is 0 Å². The highest BCUT2D eigenvalue weighted by Gasteiger charge is 2.22. The summed E-state index contributed by atoms with van der Waals surface area (Å²) in [6.07, 6.45) is 0.954. The normalized spacial score (nSPS) is 11.9. The van der Waals surface area contributed by atoms with E-state index in [2.05, 4.69) is 33.8 Å². The minimum atomic E-state index is 0.0598. The maximum Gasteiger partial charge on any atom is 0.0446 e. The highest BCUT2D eigenvalue weighted by molar-refractivity contribution is 6.31. The molecule has 0 radical (unpaired) electrons. The van der Waals surface area contributed by atoms with Crippen LogP contribution in [0.5, 0.6) is 0 Å². The Hall–Kier alpha value is -0.530. The number of aryl methyl sites for hydroxylation is 2. The van der Waals surface area contributed by atoms with Gasteiger partial charge in [0.05, 0.1) is 0 Å². The molecule has 0 fully saturated rings. The van der Waals surface area contributed by atoms with E-state index in [0.717, 1.165) is 11.4 Å². The van der Waals surface area contributed by atoms with Gasteiger partial charge in [0.25, 0.3) is 0 Å². The van der Waals surface area contributed by atoms with E-state index in [1.165, 1.54) is 16.7 Å². The lowest BCUT2D eigenvalue weighted by Crippen LogP contribution is -2.22. The molecule has 2 heteroatoms. The molecule has 84 valence electrons. The highest BCUT2D eigenvalue weighted by atomic mass is 35.5. The van der Waals surface area contributed by atoms with Crippen LogP contribution in [0.25, 0.3) is 0 Å². The fourth-order valence-electron chi connectivity index (χ4n) is 1.80. The van der Waals surface area contributed by atoms with Crippen molar-refractivity contribution in [2.45, 2.75) is 39.5 Å². The van der Waals surface area contributed by atoms with Crippen molar-refractivity contribution in [2.24, 2.45) is 5.73 Å². The highest BCUT2D eigenvalue weighted by Crippen LogP contribution is 2.34. The summed E-state index contributed by atoms with van der Waals surface area (Å²) in [4.78, 5) is 0. The van der Waals surface area contributed by atoms with Crippen LogP contribution in [-0.2, 0) is 5.41 Å². The van der Waals surface area contributed by atoms with Gasteiger partial charge >= 0.3 is 0 Å². The van der Waals surface area contributed by atoms with Gasteiger partial charge in [-0.05, 0) is 55.0 Å². The van der Waals surface area contributed by atoms with E-state index >= 15 is 0 Å². The van der Waals surface area contributed by atoms with Crippen LogP contribution in [0.3, 0.4) is 0 Å². The molecule has 0 aliphatic heterocycles. The van der Waals surface area contributed by atoms with E-state index in [0.29, 0.717) is 6.54 Å². The van der Waals surface area contributed by atoms with Crippen LogP contribution in [-0.4, -0.2) is 6.54 Å². The molecule has 0 aliphatic carbocycles. The summed E-state index contributed by atoms with van der Waals surface area (Å²) in [5, 5.41) is 0.858. The SMILES string of the molecule is Cc1cc(Cl)c(C(C)(C)CCN)cc1C. The largest absolute Gasteiger partial charge is 0.330 e. The zero-order chi connectivity index (χ0) is 11.6. The van der Waals surface area contributed by atoms with Gasteiger partial charge in [-0.3, -0.25) is 0 Å². The first-order chi connectivity index (χ1) is 6.88. The third-order valence-electron chi connectivity index (χ3n) is 3.08. The van der Waals surface area contributed by atoms with Crippen LogP contribution in [0, 0.1) is 13.8 Å². The second kappa shape index (κ2) is 4.54. The Labute approximate surface area is 97.6 Å². The molecule has 0 saturated heterocycles. The second-order valence-corrected chi connectivity index (χ2v) is 5.25. The zero-order valence-corrected chi connectivity index (χ0v) is 10.8. The van der Waals surface area contributed by atoms with Crippen molar-refractivity contribution in [3.8, 4) is 0 Å². The van der Waals surface area contributed by atoms with Gasteiger partial charge in [-0.1, -0.05) is 31.5 Å². The van der Waals surface area contributed by atoms with Crippen molar-refractivity contribution >= 4 is 11.6 Å². The van der Waals surface area contributed by atoms with Crippen molar-refractivity contribution in [3.63, 3.8) is 0 Å². The smallest absolute Gasteiger partial charge is 0.0446 e. The van der Waals surface area contributed by atoms with Crippen LogP contribution in [0.15, 0.2) is 12.1 Å². The van der Waals surface area contributed by atoms with Crippen molar-refractivity contribution in [2.75, 3.05) is 6.54 Å². The average Bonchev–Trinajstić information content (AvgIpc) is 2.11. The predicted molar refractivity (Wildman–Crippen MR) is 67.6 cm³/mol. The van der Waals surface area contributed by atoms with E-state index in [-0.39, 0.29) is 5.41 Å². The molecule has 1 nitrogen and oxygen atoms in total. The van der Waals surface area contributed by atoms with Crippen LogP contribution in [0.2, 0.25) is 5.02 Å². The van der Waals surface area contributed by atoms with E-state index in [4.69, 9.17) is 17.3 Å². The fraction of sp³-hybridized carbons (Fsp3) is 0.538. The lowest BCUT2D eigenvalue weighted by molar-refractivity contribution is 0.487. The van der Waals surface area contributed by atoms with Gasteiger partial charge < -0.3 is 5.73 Å². The summed E-state index contributed by atoms with van der Waals surface area (Å²) in [6.45, 7) is 9.27. The maximum atomic E-state index is 6.28. The summed E-state index contributed by atoms with van der Waals surface area (Å²) in [5.74, 6) is 0. The summed E-state index contributed by atoms with van der Waals surface area (Å²) < 4.78 is 0. The van der Waals surface area contributed by atoms with Crippen LogP contribution < -0.4 is 5.73 Å². The molecule has 1 rings (SSSR count). The standard InChI is InChI=1S/C13H20ClN/c1-9-7-11(12(14)8-10(9)2)13(3,4)5-6-15/h7-8H,5-6,15H2,1-4H3. The van der Waals surface area contributed by atoms with Crippen LogP contribution >= 0.6 is 11.6 Å². The third kappa shape index (κ3) is 2.73. The number of halogens is 1. The first-order valence-corrected chi connectivity index (χ1v) is 5.73. The van der Waals surface area contributed by atoms with Gasteiger partial charge in [-0.15, -0.1) is 0 Å². The van der Waals surface area contributed by atoms with Gasteiger partial charge in [0.2, 0.25) is 0 Å². The molecule has 0 aliphatic rings. The minimum absolute atomic E-state index is 0.0598. The Bertz CT molecular complexity index is 356. The van der Waals surface area contributed by atoms with Crippen LogP contribution in [0.4, 0.5) is 0 Å². The van der Waals surface area contributed by atoms with Crippen molar-refractivity contribution in [1.82, 2.24) is 0 Å². The Balaban J connectivity index is 3.19. The molecule has 0 heterocycles. The molecule has 0 amide bonds. The Morgan fingerprint density at radius 3 is 2.27 bits per heavy atom. The van der Waals surface area contributed by atoms with Gasteiger partial charge in [0, 0.05) is 5.02 Å². The number of nitrogens with two attached hydrogens (primary N) is 1. The Kier molecular flexibility index (Phi) is 3.80. The third-order valence-corrected chi connectivity index (χ3v) is 3.39. The van der Waals surface area contributed by atoms with Crippen molar-refractivity contribution in [3.05, 3.63) is 33.8 Å². The summed E-state index contributed by atoms with van der Waals surface area (Å²) in [5.41, 5.74) is 9.43. The number of rotatable bonds is 3. The van der Waals surface area contributed by atoms with Crippen molar-refractivity contribution in [1.29, 1.82) is 0 Å². The topological polar surface area (TPSA) is 26.0 Å². The summed E-state index contributed by atoms with van der Waals surface area (Å²) in [7, 11) is 0. The van der Waals surface area contributed by atoms with Crippen molar-refractivity contribution < 1.29 is 0 Å². The summed E-state index contributed by atoms with van der Waals surface area (Å²) >= 11 is 6.28. The van der Waals surface area contributed by atoms with Gasteiger partial charge in [-0.25, -0.2) is 0 Å². The molecule has 2 N–H and O–H groups in total. The molecular formula is C13H20ClN. The Morgan fingerprint density at radius 2 is 1.73 bits per heavy atom. The first-order valence-electron chi connectivity index (χ1n) is 5.36. The maximum absolute atomic E-state index is 6.28. The van der Waals surface area contributed by atoms with E-state index in [1.807, 2.05) is 6.07 Å². The Morgan fingerprint density at radius 1 is 1.20 bits per heavy atom. The predicted octanol–water partition coefficient (Wildman–Crippen LogP) is 3.58. The molecule has 0 atom stereocenters. The molecule has 0 bridgehead atoms. The molecule has 0 unspecified atom stereocenters. The van der Waals surface area contributed by atoms with Crippen LogP contribution in [0.1, 0.15) is 37.0 Å². The van der Waals surface area contributed by atoms with E-state index in [1.54, 1.807) is 0 Å². The molecule has 15 heavy (non-hydrogen) atoms. The number of hydrogen-bond donors (Lipinski definition) is 1. The van der Waals surface area contributed by atoms with Gasteiger partial charge in [0.15, 0.2) is 0 Å². The second-order valence-electron chi connectivity index (χ2n) is 4.84. The number of hydrogen-bond acceptors (Lipinski definition) is 1. The lowest BCUT2D eigenvalue weighted by Gasteiger charge is -2.26. The van der Waals surface area contributed by atoms with E-state index in [9.17, 15) is 0 Å². The minimum Gasteiger partial charge on any atom is -0.330 e. The molecule has 0 saturated carbocycles. The fourth-order valence-corrected chi connectivity index (χ4v) is 2.27. The molecule has 0 spiro atoms. The van der Waals surface area contributed by atoms with Gasteiger partial charge in [-0.2, -0.15) is 0 Å². The van der Waals surface area contributed by atoms with E-state index < -0.39 is 0 Å². The molecule has 1 aromatic carbocycles. The quantitative estimate of drug-likeness (QED) is 0.836. The molecule has 1 aromatic rings. The number of benzene rings is 1. The monoisotopic (exact) mass is 225 g/mol. The average molecular weight is 226 g/mol. The summed E-state index contributed by atoms with van der Waals surface area (Å²) in [6, 6.07) is 4.23. The molecular weight excluding hydrogens is 206 g/mol. The zero-order valence-electron chi connectivity index (χ0n) is 10.0. The molecule has 0 aromatic heterocycles.